The van der Waals surface area contributed by atoms with Gasteiger partial charge in [0.25, 0.3) is 0 Å². The summed E-state index contributed by atoms with van der Waals surface area (Å²) in [4.78, 5) is 0. The topological polar surface area (TPSA) is 29.5 Å². The van der Waals surface area contributed by atoms with Gasteiger partial charge >= 0.3 is 0 Å². The molecule has 0 saturated carbocycles. The number of ether oxygens (including phenoxy) is 1. The molecule has 0 aliphatic rings. The minimum absolute atomic E-state index is 0.265. The van der Waals surface area contributed by atoms with E-state index < -0.39 is 6.10 Å². The number of hydrogen-bond acceptors (Lipinski definition) is 2. The molecule has 0 aliphatic carbocycles. The molecule has 0 saturated heterocycles. The lowest BCUT2D eigenvalue weighted by Crippen LogP contribution is -2.01. The van der Waals surface area contributed by atoms with Crippen molar-refractivity contribution in [1.82, 2.24) is 0 Å². The first-order valence-electron chi connectivity index (χ1n) is 6.01. The molecule has 5 heteroatoms. The van der Waals surface area contributed by atoms with Crippen LogP contribution in [-0.4, -0.2) is 5.11 Å². The highest BCUT2D eigenvalue weighted by molar-refractivity contribution is 6.33. The largest absolute Gasteiger partial charge is 0.488 e. The highest BCUT2D eigenvalue weighted by Crippen LogP contribution is 2.30. The van der Waals surface area contributed by atoms with E-state index >= 15 is 0 Å². The number of aliphatic hydroxyl groups is 1. The van der Waals surface area contributed by atoms with Crippen LogP contribution in [0.1, 0.15) is 24.2 Å². The fraction of sp³-hybridized carbons (Fsp3) is 0.200. The first-order chi connectivity index (χ1) is 9.47. The van der Waals surface area contributed by atoms with Crippen LogP contribution < -0.4 is 4.74 Å². The van der Waals surface area contributed by atoms with E-state index in [1.165, 1.54) is 0 Å². The molecular formula is C15H13Cl3O2. The van der Waals surface area contributed by atoms with Gasteiger partial charge in [0.05, 0.1) is 6.10 Å². The molecule has 0 bridgehead atoms. The number of benzene rings is 2. The summed E-state index contributed by atoms with van der Waals surface area (Å²) in [6, 6.07) is 10.3. The Morgan fingerprint density at radius 1 is 1.05 bits per heavy atom. The summed E-state index contributed by atoms with van der Waals surface area (Å²) in [7, 11) is 0. The number of aliphatic hydroxyl groups excluding tert-OH is 1. The second-order valence-corrected chi connectivity index (χ2v) is 5.66. The molecule has 0 spiro atoms. The highest BCUT2D eigenvalue weighted by atomic mass is 35.5. The molecule has 0 amide bonds. The van der Waals surface area contributed by atoms with Crippen LogP contribution in [0.15, 0.2) is 36.4 Å². The average molecular weight is 332 g/mol. The van der Waals surface area contributed by atoms with E-state index in [0.717, 1.165) is 5.56 Å². The summed E-state index contributed by atoms with van der Waals surface area (Å²) in [5.74, 6) is 0.570. The van der Waals surface area contributed by atoms with Crippen molar-refractivity contribution in [3.05, 3.63) is 62.6 Å². The molecule has 106 valence electrons. The van der Waals surface area contributed by atoms with Gasteiger partial charge in [0.15, 0.2) is 0 Å². The Kier molecular flexibility index (Phi) is 5.17. The lowest BCUT2D eigenvalue weighted by atomic mass is 10.1. The van der Waals surface area contributed by atoms with Crippen molar-refractivity contribution in [2.24, 2.45) is 0 Å². The van der Waals surface area contributed by atoms with Gasteiger partial charge in [0, 0.05) is 26.2 Å². The monoisotopic (exact) mass is 330 g/mol. The van der Waals surface area contributed by atoms with Crippen molar-refractivity contribution in [1.29, 1.82) is 0 Å². The predicted molar refractivity (Wildman–Crippen MR) is 82.9 cm³/mol. The van der Waals surface area contributed by atoms with Crippen molar-refractivity contribution in [2.75, 3.05) is 0 Å². The van der Waals surface area contributed by atoms with Crippen LogP contribution >= 0.6 is 34.8 Å². The van der Waals surface area contributed by atoms with E-state index in [2.05, 4.69) is 0 Å². The third kappa shape index (κ3) is 3.80. The van der Waals surface area contributed by atoms with Gasteiger partial charge in [0.2, 0.25) is 0 Å². The maximum Gasteiger partial charge on any atom is 0.125 e. The number of hydrogen-bond donors (Lipinski definition) is 1. The van der Waals surface area contributed by atoms with Crippen LogP contribution in [0.5, 0.6) is 5.75 Å². The van der Waals surface area contributed by atoms with Gasteiger partial charge in [-0.05, 0) is 43.3 Å². The molecule has 0 radical (unpaired) electrons. The van der Waals surface area contributed by atoms with Crippen LogP contribution in [0.4, 0.5) is 0 Å². The molecule has 0 fully saturated rings. The Morgan fingerprint density at radius 3 is 2.40 bits per heavy atom. The fourth-order valence-corrected chi connectivity index (χ4v) is 2.33. The molecule has 2 aromatic rings. The summed E-state index contributed by atoms with van der Waals surface area (Å²) in [6.07, 6.45) is -0.668. The lowest BCUT2D eigenvalue weighted by Gasteiger charge is -2.14. The molecule has 2 nitrogen and oxygen atoms in total. The zero-order chi connectivity index (χ0) is 14.7. The van der Waals surface area contributed by atoms with Gasteiger partial charge in [-0.25, -0.2) is 0 Å². The van der Waals surface area contributed by atoms with Crippen LogP contribution in [0, 0.1) is 0 Å². The number of halogens is 3. The van der Waals surface area contributed by atoms with Crippen LogP contribution in [-0.2, 0) is 6.61 Å². The molecule has 0 heterocycles. The molecule has 2 aromatic carbocycles. The highest BCUT2D eigenvalue weighted by Gasteiger charge is 2.11. The second-order valence-electron chi connectivity index (χ2n) is 4.38. The summed E-state index contributed by atoms with van der Waals surface area (Å²) < 4.78 is 5.71. The molecule has 1 atom stereocenters. The van der Waals surface area contributed by atoms with E-state index in [-0.39, 0.29) is 6.61 Å². The van der Waals surface area contributed by atoms with Crippen LogP contribution in [0.3, 0.4) is 0 Å². The van der Waals surface area contributed by atoms with Gasteiger partial charge in [-0.3, -0.25) is 0 Å². The smallest absolute Gasteiger partial charge is 0.125 e. The first-order valence-corrected chi connectivity index (χ1v) is 7.15. The lowest BCUT2D eigenvalue weighted by molar-refractivity contribution is 0.190. The van der Waals surface area contributed by atoms with E-state index in [1.54, 1.807) is 43.3 Å². The summed E-state index contributed by atoms with van der Waals surface area (Å²) in [5.41, 5.74) is 1.42. The summed E-state index contributed by atoms with van der Waals surface area (Å²) in [5, 5.41) is 11.5. The third-order valence-corrected chi connectivity index (χ3v) is 3.65. The van der Waals surface area contributed by atoms with Crippen LogP contribution in [0.25, 0.3) is 0 Å². The van der Waals surface area contributed by atoms with Gasteiger partial charge in [-0.2, -0.15) is 0 Å². The zero-order valence-electron chi connectivity index (χ0n) is 10.7. The average Bonchev–Trinajstić information content (AvgIpc) is 2.40. The fourth-order valence-electron chi connectivity index (χ4n) is 1.79. The molecule has 2 rings (SSSR count). The van der Waals surface area contributed by atoms with Gasteiger partial charge in [-0.15, -0.1) is 0 Å². The quantitative estimate of drug-likeness (QED) is 0.826. The minimum atomic E-state index is -0.668. The Labute approximate surface area is 132 Å². The van der Waals surface area contributed by atoms with E-state index in [4.69, 9.17) is 39.5 Å². The SMILES string of the molecule is CC(O)c1cc(Cl)ccc1OCc1cc(Cl)ccc1Cl. The second kappa shape index (κ2) is 6.68. The molecular weight excluding hydrogens is 319 g/mol. The van der Waals surface area contributed by atoms with Crippen molar-refractivity contribution in [3.8, 4) is 5.75 Å². The maximum absolute atomic E-state index is 9.74. The Morgan fingerprint density at radius 2 is 1.70 bits per heavy atom. The third-order valence-electron chi connectivity index (χ3n) is 2.81. The predicted octanol–water partition coefficient (Wildman–Crippen LogP) is 5.28. The molecule has 0 aromatic heterocycles. The minimum Gasteiger partial charge on any atom is -0.488 e. The maximum atomic E-state index is 9.74. The molecule has 0 aliphatic heterocycles. The summed E-state index contributed by atoms with van der Waals surface area (Å²) >= 11 is 17.9. The van der Waals surface area contributed by atoms with E-state index in [0.29, 0.717) is 26.4 Å². The zero-order valence-corrected chi connectivity index (χ0v) is 13.0. The number of rotatable bonds is 4. The van der Waals surface area contributed by atoms with E-state index in [1.807, 2.05) is 0 Å². The Balaban J connectivity index is 2.20. The van der Waals surface area contributed by atoms with Gasteiger partial charge in [-0.1, -0.05) is 34.8 Å². The molecule has 20 heavy (non-hydrogen) atoms. The van der Waals surface area contributed by atoms with Gasteiger partial charge < -0.3 is 9.84 Å². The molecule has 1 unspecified atom stereocenters. The van der Waals surface area contributed by atoms with Crippen molar-refractivity contribution in [3.63, 3.8) is 0 Å². The Bertz CT molecular complexity index is 612. The van der Waals surface area contributed by atoms with Crippen molar-refractivity contribution in [2.45, 2.75) is 19.6 Å². The van der Waals surface area contributed by atoms with E-state index in [9.17, 15) is 5.11 Å². The first kappa shape index (κ1) is 15.5. The van der Waals surface area contributed by atoms with Crippen molar-refractivity contribution >= 4 is 34.8 Å². The standard InChI is InChI=1S/C15H13Cl3O2/c1-9(19)13-7-12(17)3-5-15(13)20-8-10-6-11(16)2-4-14(10)18/h2-7,9,19H,8H2,1H3. The van der Waals surface area contributed by atoms with Gasteiger partial charge in [0.1, 0.15) is 12.4 Å². The summed E-state index contributed by atoms with van der Waals surface area (Å²) in [6.45, 7) is 1.92. The van der Waals surface area contributed by atoms with Crippen LogP contribution in [0.2, 0.25) is 15.1 Å². The normalized spacial score (nSPS) is 12.2. The van der Waals surface area contributed by atoms with Crippen molar-refractivity contribution < 1.29 is 9.84 Å². The molecule has 1 N–H and O–H groups in total. The Hall–Kier alpha value is -0.930.